The highest BCUT2D eigenvalue weighted by atomic mass is 19.1. The summed E-state index contributed by atoms with van der Waals surface area (Å²) in [6.45, 7) is 3.26. The van der Waals surface area contributed by atoms with Crippen LogP contribution in [0.25, 0.3) is 0 Å². The molecular weight excluding hydrogens is 305 g/mol. The molecule has 0 aromatic heterocycles. The molecule has 0 bridgehead atoms. The van der Waals surface area contributed by atoms with Crippen molar-refractivity contribution in [2.45, 2.75) is 38.5 Å². The minimum absolute atomic E-state index is 0.00600. The van der Waals surface area contributed by atoms with Gasteiger partial charge in [0.15, 0.2) is 0 Å². The van der Waals surface area contributed by atoms with E-state index in [4.69, 9.17) is 4.74 Å². The fourth-order valence-electron chi connectivity index (χ4n) is 3.14. The number of halogens is 1. The maximum atomic E-state index is 13.3. The molecule has 0 saturated carbocycles. The monoisotopic (exact) mass is 329 g/mol. The molecule has 2 aromatic carbocycles. The van der Waals surface area contributed by atoms with Crippen LogP contribution >= 0.6 is 0 Å². The summed E-state index contributed by atoms with van der Waals surface area (Å²) >= 11 is 0. The van der Waals surface area contributed by atoms with Gasteiger partial charge in [0.1, 0.15) is 17.7 Å². The number of fused-ring (bicyclic) bond motifs is 1. The van der Waals surface area contributed by atoms with Crippen molar-refractivity contribution in [1.82, 2.24) is 5.32 Å². The van der Waals surface area contributed by atoms with Gasteiger partial charge in [-0.05, 0) is 42.2 Å². The topological polar surface area (TPSA) is 41.5 Å². The largest absolute Gasteiger partial charge is 0.490 e. The Morgan fingerprint density at radius 2 is 2.04 bits per heavy atom. The van der Waals surface area contributed by atoms with Crippen LogP contribution in [0.3, 0.4) is 0 Å². The van der Waals surface area contributed by atoms with Gasteiger partial charge in [-0.3, -0.25) is 0 Å². The minimum Gasteiger partial charge on any atom is -0.490 e. The molecule has 1 heterocycles. The van der Waals surface area contributed by atoms with Crippen LogP contribution in [0.2, 0.25) is 0 Å². The minimum atomic E-state index is -0.485. The molecule has 0 radical (unpaired) electrons. The number of hydrogen-bond acceptors (Lipinski definition) is 3. The summed E-state index contributed by atoms with van der Waals surface area (Å²) in [5.41, 5.74) is 2.11. The van der Waals surface area contributed by atoms with Crippen LogP contribution in [0, 0.1) is 11.7 Å². The molecule has 24 heavy (non-hydrogen) atoms. The number of rotatable bonds is 6. The van der Waals surface area contributed by atoms with Crippen LogP contribution in [-0.4, -0.2) is 23.9 Å². The third-order valence-corrected chi connectivity index (χ3v) is 4.72. The molecular formula is C20H24FNO2. The van der Waals surface area contributed by atoms with Crippen molar-refractivity contribution in [2.24, 2.45) is 5.92 Å². The van der Waals surface area contributed by atoms with Crippen molar-refractivity contribution in [3.05, 3.63) is 65.5 Å². The Bertz CT molecular complexity index is 662. The van der Waals surface area contributed by atoms with Gasteiger partial charge in [0.2, 0.25) is 0 Å². The fraction of sp³-hybridized carbons (Fsp3) is 0.400. The number of aliphatic hydroxyl groups excluding tert-OH is 1. The van der Waals surface area contributed by atoms with Crippen molar-refractivity contribution in [1.29, 1.82) is 0 Å². The van der Waals surface area contributed by atoms with Crippen molar-refractivity contribution in [3.8, 4) is 5.75 Å². The third-order valence-electron chi connectivity index (χ3n) is 4.72. The Balaban J connectivity index is 1.50. The maximum absolute atomic E-state index is 13.3. The number of aryl methyl sites for hydroxylation is 1. The number of nitrogens with one attached hydrogen (secondary N) is 1. The quantitative estimate of drug-likeness (QED) is 0.854. The molecule has 2 aromatic rings. The van der Waals surface area contributed by atoms with E-state index in [1.54, 1.807) is 6.07 Å². The second kappa shape index (κ2) is 7.77. The molecule has 128 valence electrons. The van der Waals surface area contributed by atoms with Crippen LogP contribution in [0.5, 0.6) is 5.75 Å². The van der Waals surface area contributed by atoms with E-state index in [-0.39, 0.29) is 17.8 Å². The van der Waals surface area contributed by atoms with Gasteiger partial charge in [-0.1, -0.05) is 37.3 Å². The number of ether oxygens (including phenoxy) is 1. The van der Waals surface area contributed by atoms with E-state index in [0.717, 1.165) is 30.7 Å². The Labute approximate surface area is 142 Å². The average Bonchev–Trinajstić information content (AvgIpc) is 2.61. The van der Waals surface area contributed by atoms with Gasteiger partial charge in [-0.2, -0.15) is 0 Å². The fourth-order valence-corrected chi connectivity index (χ4v) is 3.14. The van der Waals surface area contributed by atoms with E-state index in [1.807, 2.05) is 25.1 Å². The number of aliphatic hydroxyl groups is 1. The predicted octanol–water partition coefficient (Wildman–Crippen LogP) is 3.31. The van der Waals surface area contributed by atoms with Gasteiger partial charge < -0.3 is 15.2 Å². The van der Waals surface area contributed by atoms with Gasteiger partial charge in [0, 0.05) is 19.0 Å². The molecule has 4 heteroatoms. The summed E-state index contributed by atoms with van der Waals surface area (Å²) in [5, 5.41) is 13.7. The molecule has 1 aliphatic heterocycles. The summed E-state index contributed by atoms with van der Waals surface area (Å²) in [5.74, 6) is 0.518. The van der Waals surface area contributed by atoms with Gasteiger partial charge in [-0.15, -0.1) is 0 Å². The lowest BCUT2D eigenvalue weighted by molar-refractivity contribution is 0.0255. The zero-order valence-electron chi connectivity index (χ0n) is 13.9. The van der Waals surface area contributed by atoms with Crippen LogP contribution in [0.15, 0.2) is 48.5 Å². The molecule has 0 amide bonds. The Morgan fingerprint density at radius 3 is 2.83 bits per heavy atom. The second-order valence-electron chi connectivity index (χ2n) is 6.49. The van der Waals surface area contributed by atoms with Crippen LogP contribution in [0.4, 0.5) is 4.39 Å². The van der Waals surface area contributed by atoms with E-state index in [1.165, 1.54) is 17.7 Å². The first-order chi connectivity index (χ1) is 11.6. The molecule has 3 nitrogen and oxygen atoms in total. The standard InChI is InChI=1S/C20H24FNO2/c1-14(18(23)13-22-12-15-5-3-2-4-6-15)19-9-7-16-11-17(21)8-10-20(16)24-19/h2-6,8,10-11,14,18-19,22-23H,7,9,12-13H2,1H3. The molecule has 2 N–H and O–H groups in total. The van der Waals surface area contributed by atoms with E-state index < -0.39 is 6.10 Å². The van der Waals surface area contributed by atoms with E-state index in [2.05, 4.69) is 17.4 Å². The lowest BCUT2D eigenvalue weighted by atomic mass is 9.90. The Hall–Kier alpha value is -1.91. The molecule has 3 rings (SSSR count). The number of benzene rings is 2. The Morgan fingerprint density at radius 1 is 1.25 bits per heavy atom. The zero-order chi connectivity index (χ0) is 16.9. The normalized spacial score (nSPS) is 19.2. The summed E-state index contributed by atoms with van der Waals surface area (Å²) in [6.07, 6.45) is 1.05. The highest BCUT2D eigenvalue weighted by Gasteiger charge is 2.29. The van der Waals surface area contributed by atoms with Crippen molar-refractivity contribution >= 4 is 0 Å². The van der Waals surface area contributed by atoms with Gasteiger partial charge in [-0.25, -0.2) is 4.39 Å². The first-order valence-corrected chi connectivity index (χ1v) is 8.51. The lowest BCUT2D eigenvalue weighted by Crippen LogP contribution is -2.41. The first-order valence-electron chi connectivity index (χ1n) is 8.51. The van der Waals surface area contributed by atoms with Gasteiger partial charge in [0.25, 0.3) is 0 Å². The molecule has 0 fully saturated rings. The van der Waals surface area contributed by atoms with Gasteiger partial charge in [0.05, 0.1) is 6.10 Å². The molecule has 0 spiro atoms. The molecule has 0 saturated heterocycles. The summed E-state index contributed by atoms with van der Waals surface area (Å²) in [6, 6.07) is 14.8. The molecule has 3 unspecified atom stereocenters. The molecule has 1 aliphatic rings. The van der Waals surface area contributed by atoms with Crippen LogP contribution < -0.4 is 10.1 Å². The van der Waals surface area contributed by atoms with Crippen molar-refractivity contribution in [2.75, 3.05) is 6.54 Å². The third kappa shape index (κ3) is 4.13. The van der Waals surface area contributed by atoms with E-state index in [0.29, 0.717) is 6.54 Å². The average molecular weight is 329 g/mol. The van der Waals surface area contributed by atoms with Gasteiger partial charge >= 0.3 is 0 Å². The predicted molar refractivity (Wildman–Crippen MR) is 92.5 cm³/mol. The van der Waals surface area contributed by atoms with Crippen LogP contribution in [-0.2, 0) is 13.0 Å². The van der Waals surface area contributed by atoms with Crippen molar-refractivity contribution < 1.29 is 14.2 Å². The SMILES string of the molecule is CC(C(O)CNCc1ccccc1)C1CCc2cc(F)ccc2O1. The van der Waals surface area contributed by atoms with Crippen molar-refractivity contribution in [3.63, 3.8) is 0 Å². The highest BCUT2D eigenvalue weighted by molar-refractivity contribution is 5.35. The van der Waals surface area contributed by atoms with Crippen LogP contribution in [0.1, 0.15) is 24.5 Å². The Kier molecular flexibility index (Phi) is 5.48. The summed E-state index contributed by atoms with van der Waals surface area (Å²) in [4.78, 5) is 0. The molecule has 3 atom stereocenters. The zero-order valence-corrected chi connectivity index (χ0v) is 13.9. The molecule has 0 aliphatic carbocycles. The smallest absolute Gasteiger partial charge is 0.123 e. The van der Waals surface area contributed by atoms with E-state index in [9.17, 15) is 9.50 Å². The first kappa shape index (κ1) is 16.9. The highest BCUT2D eigenvalue weighted by Crippen LogP contribution is 2.31. The summed E-state index contributed by atoms with van der Waals surface area (Å²) in [7, 11) is 0. The van der Waals surface area contributed by atoms with E-state index >= 15 is 0 Å². The maximum Gasteiger partial charge on any atom is 0.123 e. The number of hydrogen-bond donors (Lipinski definition) is 2. The summed E-state index contributed by atoms with van der Waals surface area (Å²) < 4.78 is 19.2. The second-order valence-corrected chi connectivity index (χ2v) is 6.49. The lowest BCUT2D eigenvalue weighted by Gasteiger charge is -2.33.